The Morgan fingerprint density at radius 3 is 3.17 bits per heavy atom. The van der Waals surface area contributed by atoms with Gasteiger partial charge in [0.1, 0.15) is 5.76 Å². The quantitative estimate of drug-likeness (QED) is 0.908. The van der Waals surface area contributed by atoms with Gasteiger partial charge in [-0.3, -0.25) is 0 Å². The van der Waals surface area contributed by atoms with E-state index in [0.717, 1.165) is 29.5 Å². The van der Waals surface area contributed by atoms with Crippen LogP contribution < -0.4 is 5.32 Å². The minimum Gasteiger partial charge on any atom is -0.469 e. The van der Waals surface area contributed by atoms with E-state index in [1.807, 2.05) is 12.3 Å². The summed E-state index contributed by atoms with van der Waals surface area (Å²) in [5, 5.41) is 3.63. The Hall–Kier alpha value is -0.770. The van der Waals surface area contributed by atoms with Gasteiger partial charge in [-0.2, -0.15) is 0 Å². The molecule has 2 aromatic heterocycles. The van der Waals surface area contributed by atoms with Crippen LogP contribution in [0.15, 0.2) is 28.9 Å². The molecule has 1 N–H and O–H groups in total. The summed E-state index contributed by atoms with van der Waals surface area (Å²) in [6, 6.07) is 6.64. The molecule has 1 unspecified atom stereocenters. The number of aryl methyl sites for hydroxylation is 1. The normalized spacial score (nSPS) is 18.8. The van der Waals surface area contributed by atoms with Crippen molar-refractivity contribution in [1.82, 2.24) is 5.32 Å². The molecule has 0 saturated heterocycles. The first-order valence-corrected chi connectivity index (χ1v) is 7.56. The highest BCUT2D eigenvalue weighted by Gasteiger charge is 2.21. The lowest BCUT2D eigenvalue weighted by Crippen LogP contribution is -2.26. The van der Waals surface area contributed by atoms with Gasteiger partial charge in [-0.15, -0.1) is 11.3 Å². The van der Waals surface area contributed by atoms with E-state index in [1.165, 1.54) is 23.3 Å². The number of halogens is 1. The summed E-state index contributed by atoms with van der Waals surface area (Å²) in [5.74, 6) is 1.16. The lowest BCUT2D eigenvalue weighted by Gasteiger charge is -2.22. The average molecular weight is 282 g/mol. The van der Waals surface area contributed by atoms with Crippen LogP contribution in [-0.2, 0) is 12.8 Å². The second kappa shape index (κ2) is 5.47. The molecular formula is C14H16ClNOS. The maximum absolute atomic E-state index is 5.93. The van der Waals surface area contributed by atoms with Crippen LogP contribution in [0.1, 0.15) is 35.1 Å². The molecule has 1 atom stereocenters. The van der Waals surface area contributed by atoms with E-state index >= 15 is 0 Å². The van der Waals surface area contributed by atoms with Crippen molar-refractivity contribution >= 4 is 22.9 Å². The van der Waals surface area contributed by atoms with E-state index in [1.54, 1.807) is 11.3 Å². The van der Waals surface area contributed by atoms with Gasteiger partial charge in [-0.1, -0.05) is 11.6 Å². The molecule has 1 aliphatic rings. The van der Waals surface area contributed by atoms with E-state index in [4.69, 9.17) is 16.0 Å². The summed E-state index contributed by atoms with van der Waals surface area (Å²) < 4.78 is 6.37. The largest absolute Gasteiger partial charge is 0.469 e. The molecule has 2 heterocycles. The van der Waals surface area contributed by atoms with Gasteiger partial charge in [0.15, 0.2) is 0 Å². The predicted octanol–water partition coefficient (Wildman–Crippen LogP) is 4.20. The van der Waals surface area contributed by atoms with Crippen molar-refractivity contribution < 1.29 is 4.42 Å². The minimum absolute atomic E-state index is 0.461. The molecule has 0 fully saturated rings. The molecule has 0 spiro atoms. The fourth-order valence-corrected chi connectivity index (χ4v) is 3.64. The van der Waals surface area contributed by atoms with E-state index < -0.39 is 0 Å². The number of fused-ring (bicyclic) bond motifs is 1. The summed E-state index contributed by atoms with van der Waals surface area (Å²) in [6.07, 6.45) is 6.35. The van der Waals surface area contributed by atoms with Gasteiger partial charge in [0.2, 0.25) is 0 Å². The van der Waals surface area contributed by atoms with Gasteiger partial charge in [0, 0.05) is 29.4 Å². The zero-order valence-corrected chi connectivity index (χ0v) is 11.7. The van der Waals surface area contributed by atoms with Crippen LogP contribution in [0.5, 0.6) is 0 Å². The van der Waals surface area contributed by atoms with Gasteiger partial charge >= 0.3 is 0 Å². The second-order valence-corrected chi connectivity index (χ2v) is 6.45. The zero-order chi connectivity index (χ0) is 12.4. The minimum atomic E-state index is 0.461. The standard InChI is InChI=1S/C14H16ClNOS/c15-14-5-4-10(18-14)6-8-16-12-2-1-3-13-11(12)7-9-17-13/h4-5,7,9,12,16H,1-3,6,8H2. The topological polar surface area (TPSA) is 25.2 Å². The lowest BCUT2D eigenvalue weighted by molar-refractivity contribution is 0.413. The molecule has 2 nitrogen and oxygen atoms in total. The first kappa shape index (κ1) is 12.3. The second-order valence-electron chi connectivity index (χ2n) is 4.65. The molecule has 0 aliphatic heterocycles. The number of thiophene rings is 1. The third kappa shape index (κ3) is 2.63. The van der Waals surface area contributed by atoms with Gasteiger partial charge in [-0.05, 0) is 37.5 Å². The van der Waals surface area contributed by atoms with Crippen molar-refractivity contribution in [3.8, 4) is 0 Å². The number of rotatable bonds is 4. The van der Waals surface area contributed by atoms with Crippen LogP contribution in [-0.4, -0.2) is 6.54 Å². The zero-order valence-electron chi connectivity index (χ0n) is 10.1. The van der Waals surface area contributed by atoms with E-state index in [-0.39, 0.29) is 0 Å². The fourth-order valence-electron chi connectivity index (χ4n) is 2.55. The molecule has 2 aromatic rings. The Kier molecular flexibility index (Phi) is 3.73. The maximum atomic E-state index is 5.93. The Morgan fingerprint density at radius 2 is 2.33 bits per heavy atom. The van der Waals surface area contributed by atoms with Crippen LogP contribution in [0.3, 0.4) is 0 Å². The van der Waals surface area contributed by atoms with Crippen molar-refractivity contribution in [1.29, 1.82) is 0 Å². The smallest absolute Gasteiger partial charge is 0.108 e. The third-order valence-electron chi connectivity index (χ3n) is 3.44. The lowest BCUT2D eigenvalue weighted by atomic mass is 9.93. The van der Waals surface area contributed by atoms with E-state index in [0.29, 0.717) is 6.04 Å². The van der Waals surface area contributed by atoms with Gasteiger partial charge in [0.25, 0.3) is 0 Å². The summed E-state index contributed by atoms with van der Waals surface area (Å²) in [7, 11) is 0. The molecule has 3 rings (SSSR count). The van der Waals surface area contributed by atoms with Crippen molar-refractivity contribution in [2.45, 2.75) is 31.7 Å². The van der Waals surface area contributed by atoms with Crippen LogP contribution in [0.4, 0.5) is 0 Å². The highest BCUT2D eigenvalue weighted by atomic mass is 35.5. The van der Waals surface area contributed by atoms with E-state index in [9.17, 15) is 0 Å². The van der Waals surface area contributed by atoms with Crippen LogP contribution in [0, 0.1) is 0 Å². The number of hydrogen-bond donors (Lipinski definition) is 1. The van der Waals surface area contributed by atoms with Crippen LogP contribution >= 0.6 is 22.9 Å². The molecule has 1 aliphatic carbocycles. The summed E-state index contributed by atoms with van der Waals surface area (Å²) in [4.78, 5) is 1.34. The first-order chi connectivity index (χ1) is 8.83. The molecule has 0 saturated carbocycles. The molecule has 0 radical (unpaired) electrons. The monoisotopic (exact) mass is 281 g/mol. The van der Waals surface area contributed by atoms with Gasteiger partial charge in [-0.25, -0.2) is 0 Å². The maximum Gasteiger partial charge on any atom is 0.108 e. The number of hydrogen-bond acceptors (Lipinski definition) is 3. The molecule has 0 amide bonds. The molecule has 0 aromatic carbocycles. The molecule has 4 heteroatoms. The van der Waals surface area contributed by atoms with Crippen molar-refractivity contribution in [3.05, 3.63) is 45.0 Å². The highest BCUT2D eigenvalue weighted by molar-refractivity contribution is 7.16. The Bertz CT molecular complexity index is 519. The third-order valence-corrected chi connectivity index (χ3v) is 4.73. The number of nitrogens with one attached hydrogen (secondary N) is 1. The summed E-state index contributed by atoms with van der Waals surface area (Å²) in [6.45, 7) is 0.992. The SMILES string of the molecule is Clc1ccc(CCNC2CCCc3occc32)s1. The highest BCUT2D eigenvalue weighted by Crippen LogP contribution is 2.30. The fraction of sp³-hybridized carbons (Fsp3) is 0.429. The molecule has 18 heavy (non-hydrogen) atoms. The average Bonchev–Trinajstić information content (AvgIpc) is 2.98. The van der Waals surface area contributed by atoms with Crippen molar-refractivity contribution in [2.24, 2.45) is 0 Å². The summed E-state index contributed by atoms with van der Waals surface area (Å²) in [5.41, 5.74) is 1.35. The Labute approximate surface area is 116 Å². The Morgan fingerprint density at radius 1 is 1.39 bits per heavy atom. The molecule has 0 bridgehead atoms. The molecular weight excluding hydrogens is 266 g/mol. The summed E-state index contributed by atoms with van der Waals surface area (Å²) >= 11 is 7.59. The predicted molar refractivity (Wildman–Crippen MR) is 75.4 cm³/mol. The van der Waals surface area contributed by atoms with Crippen molar-refractivity contribution in [2.75, 3.05) is 6.54 Å². The van der Waals surface area contributed by atoms with E-state index in [2.05, 4.69) is 17.4 Å². The van der Waals surface area contributed by atoms with Crippen LogP contribution in [0.25, 0.3) is 0 Å². The first-order valence-electron chi connectivity index (χ1n) is 6.37. The Balaban J connectivity index is 1.55. The van der Waals surface area contributed by atoms with Crippen molar-refractivity contribution in [3.63, 3.8) is 0 Å². The van der Waals surface area contributed by atoms with Gasteiger partial charge < -0.3 is 9.73 Å². The number of furan rings is 1. The van der Waals surface area contributed by atoms with Crippen LogP contribution in [0.2, 0.25) is 4.34 Å². The van der Waals surface area contributed by atoms with Gasteiger partial charge in [0.05, 0.1) is 10.6 Å². The molecule has 96 valence electrons.